The summed E-state index contributed by atoms with van der Waals surface area (Å²) in [4.78, 5) is 45.8. The van der Waals surface area contributed by atoms with Crippen LogP contribution in [0.5, 0.6) is 0 Å². The van der Waals surface area contributed by atoms with E-state index >= 15 is 0 Å². The summed E-state index contributed by atoms with van der Waals surface area (Å²) in [6.07, 6.45) is 3.73. The predicted molar refractivity (Wildman–Crippen MR) is 161 cm³/mol. The van der Waals surface area contributed by atoms with E-state index in [4.69, 9.17) is 34.8 Å². The Morgan fingerprint density at radius 1 is 0.780 bits per heavy atom. The van der Waals surface area contributed by atoms with Crippen LogP contribution in [-0.4, -0.2) is 28.4 Å². The number of Topliss-reactive ketones (excluding diaryl/α,β-unsaturated/α-hetero) is 2. The average Bonchev–Trinajstić information content (AvgIpc) is 3.45. The van der Waals surface area contributed by atoms with E-state index in [-0.39, 0.29) is 32.9 Å². The van der Waals surface area contributed by atoms with E-state index in [0.29, 0.717) is 16.3 Å². The molecule has 0 aromatic heterocycles. The lowest BCUT2D eigenvalue weighted by Gasteiger charge is -2.38. The molecule has 1 amide bonds. The summed E-state index contributed by atoms with van der Waals surface area (Å²) in [5.74, 6) is -2.29. The number of hydrogen-bond acceptors (Lipinski definition) is 4. The fourth-order valence-corrected chi connectivity index (χ4v) is 7.58. The van der Waals surface area contributed by atoms with Gasteiger partial charge in [0.05, 0.1) is 22.0 Å². The Hall–Kier alpha value is -3.90. The molecule has 0 unspecified atom stereocenters. The number of hydrogen-bond donors (Lipinski definition) is 1. The molecule has 0 bridgehead atoms. The van der Waals surface area contributed by atoms with Gasteiger partial charge in [-0.05, 0) is 59.2 Å². The second kappa shape index (κ2) is 9.59. The molecule has 8 heteroatoms. The fraction of sp³-hybridized carbons (Fsp3) is 0.121. The number of carbonyl (C=O) groups excluding carboxylic acids is 3. The monoisotopic (exact) mass is 598 g/mol. The molecule has 1 fully saturated rings. The quantitative estimate of drug-likeness (QED) is 0.245. The predicted octanol–water partition coefficient (Wildman–Crippen LogP) is 7.63. The maximum absolute atomic E-state index is 14.8. The lowest BCUT2D eigenvalue weighted by atomic mass is 9.62. The van der Waals surface area contributed by atoms with Crippen LogP contribution in [-0.2, 0) is 10.2 Å². The van der Waals surface area contributed by atoms with Gasteiger partial charge in [-0.2, -0.15) is 0 Å². The summed E-state index contributed by atoms with van der Waals surface area (Å²) in [5, 5.41) is 3.82. The first-order valence-electron chi connectivity index (χ1n) is 13.1. The van der Waals surface area contributed by atoms with Crippen molar-refractivity contribution in [1.82, 2.24) is 4.90 Å². The van der Waals surface area contributed by atoms with Crippen molar-refractivity contribution < 1.29 is 14.4 Å². The molecule has 4 aromatic rings. The van der Waals surface area contributed by atoms with Gasteiger partial charge in [-0.3, -0.25) is 14.4 Å². The van der Waals surface area contributed by atoms with Gasteiger partial charge in [0.15, 0.2) is 11.6 Å². The molecule has 202 valence electrons. The van der Waals surface area contributed by atoms with E-state index in [1.165, 1.54) is 6.07 Å². The topological polar surface area (TPSA) is 66.5 Å². The van der Waals surface area contributed by atoms with Gasteiger partial charge >= 0.3 is 0 Å². The highest BCUT2D eigenvalue weighted by Crippen LogP contribution is 2.62. The van der Waals surface area contributed by atoms with Crippen LogP contribution in [0.2, 0.25) is 15.1 Å². The van der Waals surface area contributed by atoms with E-state index in [1.807, 2.05) is 65.7 Å². The van der Waals surface area contributed by atoms with Gasteiger partial charge in [0.1, 0.15) is 11.5 Å². The maximum atomic E-state index is 14.8. The number of rotatable bonds is 4. The lowest BCUT2D eigenvalue weighted by molar-refractivity contribution is -0.122. The molecule has 4 atom stereocenters. The Bertz CT molecular complexity index is 1820. The lowest BCUT2D eigenvalue weighted by Crippen LogP contribution is -2.49. The van der Waals surface area contributed by atoms with E-state index in [0.717, 1.165) is 11.1 Å². The molecule has 0 aliphatic carbocycles. The summed E-state index contributed by atoms with van der Waals surface area (Å²) < 4.78 is 0. The largest absolute Gasteiger partial charge is 0.358 e. The van der Waals surface area contributed by atoms with Gasteiger partial charge in [0.25, 0.3) is 0 Å². The zero-order chi connectivity index (χ0) is 28.5. The van der Waals surface area contributed by atoms with Crippen molar-refractivity contribution in [1.29, 1.82) is 0 Å². The number of benzene rings is 4. The van der Waals surface area contributed by atoms with Gasteiger partial charge in [-0.1, -0.05) is 89.4 Å². The molecule has 3 aliphatic rings. The molecule has 7 rings (SSSR count). The molecule has 0 saturated carbocycles. The summed E-state index contributed by atoms with van der Waals surface area (Å²) in [7, 11) is 0. The summed E-state index contributed by atoms with van der Waals surface area (Å²) in [6, 6.07) is 24.7. The minimum Gasteiger partial charge on any atom is -0.358 e. The molecule has 3 aliphatic heterocycles. The first-order chi connectivity index (χ1) is 19.8. The second-order valence-corrected chi connectivity index (χ2v) is 11.7. The summed E-state index contributed by atoms with van der Waals surface area (Å²) in [5.41, 5.74) is 2.01. The molecular weight excluding hydrogens is 579 g/mol. The number of halogens is 3. The van der Waals surface area contributed by atoms with Gasteiger partial charge in [-0.25, -0.2) is 0 Å². The van der Waals surface area contributed by atoms with E-state index < -0.39 is 29.2 Å². The van der Waals surface area contributed by atoms with Crippen LogP contribution < -0.4 is 5.32 Å². The third-order valence-electron chi connectivity index (χ3n) is 8.46. The highest BCUT2D eigenvalue weighted by molar-refractivity contribution is 6.37. The maximum Gasteiger partial charge on any atom is 0.238 e. The van der Waals surface area contributed by atoms with Crippen molar-refractivity contribution in [2.75, 3.05) is 5.32 Å². The van der Waals surface area contributed by atoms with E-state index in [1.54, 1.807) is 36.4 Å². The van der Waals surface area contributed by atoms with Crippen molar-refractivity contribution in [3.05, 3.63) is 140 Å². The minimum absolute atomic E-state index is 0.147. The number of nitrogens with zero attached hydrogens (tertiary/aromatic N) is 1. The molecule has 5 nitrogen and oxygen atoms in total. The van der Waals surface area contributed by atoms with Crippen molar-refractivity contribution in [3.8, 4) is 0 Å². The number of ketones is 2. The summed E-state index contributed by atoms with van der Waals surface area (Å²) in [6.45, 7) is 0. The third kappa shape index (κ3) is 3.66. The first kappa shape index (κ1) is 26.0. The van der Waals surface area contributed by atoms with Crippen LogP contribution in [0.15, 0.2) is 97.2 Å². The van der Waals surface area contributed by atoms with Crippen LogP contribution in [0.1, 0.15) is 43.4 Å². The number of carbonyl (C=O) groups is 3. The van der Waals surface area contributed by atoms with Crippen LogP contribution in [0.4, 0.5) is 5.69 Å². The number of amides is 1. The molecular formula is C33H21Cl3N2O3. The van der Waals surface area contributed by atoms with Crippen LogP contribution >= 0.6 is 34.8 Å². The molecule has 4 aromatic carbocycles. The van der Waals surface area contributed by atoms with Crippen molar-refractivity contribution >= 4 is 64.0 Å². The normalized spacial score (nSPS) is 23.6. The first-order valence-corrected chi connectivity index (χ1v) is 14.2. The average molecular weight is 600 g/mol. The minimum atomic E-state index is -1.46. The SMILES string of the molecule is O=C(c1ccc(Cl)cc1Cl)[C@@H]1[C@H](C(=O)c2ccccc2Cl)N2C=Cc3ccccc3[C@H]2[C@]12C(=O)Nc1ccccc12. The van der Waals surface area contributed by atoms with Crippen LogP contribution in [0.3, 0.4) is 0 Å². The number of nitrogens with one attached hydrogen (secondary N) is 1. The Morgan fingerprint density at radius 2 is 1.49 bits per heavy atom. The van der Waals surface area contributed by atoms with Crippen molar-refractivity contribution in [3.63, 3.8) is 0 Å². The summed E-state index contributed by atoms with van der Waals surface area (Å²) >= 11 is 19.3. The Kier molecular flexibility index (Phi) is 6.09. The molecule has 1 N–H and O–H groups in total. The fourth-order valence-electron chi connectivity index (χ4n) is 6.84. The zero-order valence-electron chi connectivity index (χ0n) is 21.4. The molecule has 1 spiro atoms. The van der Waals surface area contributed by atoms with E-state index in [2.05, 4.69) is 5.32 Å². The van der Waals surface area contributed by atoms with Crippen molar-refractivity contribution in [2.45, 2.75) is 17.5 Å². The second-order valence-electron chi connectivity index (χ2n) is 10.4. The Morgan fingerprint density at radius 3 is 2.29 bits per heavy atom. The van der Waals surface area contributed by atoms with Gasteiger partial charge in [0.2, 0.25) is 5.91 Å². The van der Waals surface area contributed by atoms with Crippen LogP contribution in [0, 0.1) is 5.92 Å². The van der Waals surface area contributed by atoms with Crippen molar-refractivity contribution in [2.24, 2.45) is 5.92 Å². The van der Waals surface area contributed by atoms with Gasteiger partial charge in [0, 0.05) is 28.0 Å². The highest BCUT2D eigenvalue weighted by Gasteiger charge is 2.70. The zero-order valence-corrected chi connectivity index (χ0v) is 23.6. The Balaban J connectivity index is 1.56. The number of para-hydroxylation sites is 1. The van der Waals surface area contributed by atoms with E-state index in [9.17, 15) is 14.4 Å². The molecule has 41 heavy (non-hydrogen) atoms. The number of fused-ring (bicyclic) bond motifs is 6. The van der Waals surface area contributed by atoms with Gasteiger partial charge < -0.3 is 10.2 Å². The van der Waals surface area contributed by atoms with Gasteiger partial charge in [-0.15, -0.1) is 0 Å². The molecule has 1 saturated heterocycles. The number of anilines is 1. The standard InChI is InChI=1S/C33H21Cl3N2O3/c34-19-13-14-22(25(36)17-19)29(39)27-28(30(40)21-9-3-5-11-24(21)35)38-16-15-18-7-1-2-8-20(18)31(38)33(27)23-10-4-6-12-26(23)37-32(33)41/h1-17,27-28,31H,(H,37,41)/t27-,28+,31-,33+/m0/s1. The Labute approximate surface area is 251 Å². The molecule has 0 radical (unpaired) electrons. The molecule has 3 heterocycles. The third-order valence-corrected chi connectivity index (χ3v) is 9.33. The smallest absolute Gasteiger partial charge is 0.238 e. The highest BCUT2D eigenvalue weighted by atomic mass is 35.5. The van der Waals surface area contributed by atoms with Crippen LogP contribution in [0.25, 0.3) is 6.08 Å².